The average Bonchev–Trinajstić information content (AvgIpc) is 2.42. The van der Waals surface area contributed by atoms with E-state index in [0.717, 1.165) is 38.6 Å². The molecule has 0 N–H and O–H groups in total. The fourth-order valence-corrected chi connectivity index (χ4v) is 1.85. The van der Waals surface area contributed by atoms with Crippen molar-refractivity contribution < 1.29 is 9.47 Å². The smallest absolute Gasteiger partial charge is 0.119 e. The molecule has 1 fully saturated rings. The van der Waals surface area contributed by atoms with Crippen LogP contribution in [0.15, 0.2) is 36.4 Å². The number of rotatable bonds is 5. The van der Waals surface area contributed by atoms with Crippen LogP contribution in [-0.4, -0.2) is 44.4 Å². The molecule has 98 valence electrons. The Morgan fingerprint density at radius 3 is 2.61 bits per heavy atom. The molecule has 1 aromatic rings. The summed E-state index contributed by atoms with van der Waals surface area (Å²) in [4.78, 5) is 2.38. The molecule has 0 unspecified atom stereocenters. The highest BCUT2D eigenvalue weighted by atomic mass is 16.5. The summed E-state index contributed by atoms with van der Waals surface area (Å²) in [5, 5.41) is 0. The summed E-state index contributed by atoms with van der Waals surface area (Å²) in [7, 11) is 0. The first kappa shape index (κ1) is 13.1. The zero-order chi connectivity index (χ0) is 12.6. The van der Waals surface area contributed by atoms with Crippen molar-refractivity contribution in [3.05, 3.63) is 42.0 Å². The van der Waals surface area contributed by atoms with Gasteiger partial charge in [0.05, 0.1) is 13.2 Å². The second-order valence-electron chi connectivity index (χ2n) is 4.51. The zero-order valence-electron chi connectivity index (χ0n) is 11.0. The molecule has 1 saturated heterocycles. The lowest BCUT2D eigenvalue weighted by molar-refractivity contribution is 0.0434. The molecule has 0 saturated carbocycles. The van der Waals surface area contributed by atoms with E-state index in [4.69, 9.17) is 9.47 Å². The molecule has 0 atom stereocenters. The van der Waals surface area contributed by atoms with Crippen molar-refractivity contribution >= 4 is 0 Å². The van der Waals surface area contributed by atoms with Gasteiger partial charge in [-0.25, -0.2) is 0 Å². The van der Waals surface area contributed by atoms with E-state index in [0.29, 0.717) is 6.61 Å². The lowest BCUT2D eigenvalue weighted by Gasteiger charge is -2.25. The third-order valence-electron chi connectivity index (χ3n) is 3.00. The fourth-order valence-electron chi connectivity index (χ4n) is 1.85. The van der Waals surface area contributed by atoms with Crippen molar-refractivity contribution in [2.45, 2.75) is 6.92 Å². The molecule has 0 amide bonds. The molecule has 2 rings (SSSR count). The highest BCUT2D eigenvalue weighted by Crippen LogP contribution is 2.11. The van der Waals surface area contributed by atoms with Crippen LogP contribution >= 0.6 is 0 Å². The first-order chi connectivity index (χ1) is 8.84. The van der Waals surface area contributed by atoms with Gasteiger partial charge in [-0.3, -0.25) is 4.90 Å². The van der Waals surface area contributed by atoms with Crippen LogP contribution in [0.1, 0.15) is 5.56 Å². The third-order valence-corrected chi connectivity index (χ3v) is 3.00. The first-order valence-corrected chi connectivity index (χ1v) is 6.49. The van der Waals surface area contributed by atoms with E-state index in [2.05, 4.69) is 36.1 Å². The van der Waals surface area contributed by atoms with Gasteiger partial charge in [0, 0.05) is 19.6 Å². The van der Waals surface area contributed by atoms with Gasteiger partial charge < -0.3 is 9.47 Å². The Kier molecular flexibility index (Phi) is 5.24. The Labute approximate surface area is 109 Å². The van der Waals surface area contributed by atoms with Crippen LogP contribution in [0.3, 0.4) is 0 Å². The summed E-state index contributed by atoms with van der Waals surface area (Å²) in [6.07, 6.45) is 4.24. The van der Waals surface area contributed by atoms with Gasteiger partial charge in [-0.1, -0.05) is 29.8 Å². The van der Waals surface area contributed by atoms with Gasteiger partial charge in [0.2, 0.25) is 0 Å². The topological polar surface area (TPSA) is 21.7 Å². The van der Waals surface area contributed by atoms with Crippen LogP contribution in [0.2, 0.25) is 0 Å². The molecule has 0 aromatic heterocycles. The van der Waals surface area contributed by atoms with Crippen molar-refractivity contribution in [3.8, 4) is 5.75 Å². The molecule has 18 heavy (non-hydrogen) atoms. The van der Waals surface area contributed by atoms with Crippen LogP contribution in [0.5, 0.6) is 5.75 Å². The van der Waals surface area contributed by atoms with E-state index >= 15 is 0 Å². The van der Waals surface area contributed by atoms with E-state index in [9.17, 15) is 0 Å². The SMILES string of the molecule is Cc1ccc(OC/C=C/CN2CCOCC2)cc1. The van der Waals surface area contributed by atoms with Crippen molar-refractivity contribution in [1.29, 1.82) is 0 Å². The Bertz CT molecular complexity index is 367. The van der Waals surface area contributed by atoms with Gasteiger partial charge in [0.25, 0.3) is 0 Å². The van der Waals surface area contributed by atoms with E-state index in [1.54, 1.807) is 0 Å². The van der Waals surface area contributed by atoms with Crippen LogP contribution < -0.4 is 4.74 Å². The van der Waals surface area contributed by atoms with Crippen molar-refractivity contribution in [1.82, 2.24) is 4.90 Å². The number of benzene rings is 1. The lowest BCUT2D eigenvalue weighted by Crippen LogP contribution is -2.36. The maximum atomic E-state index is 5.62. The zero-order valence-corrected chi connectivity index (χ0v) is 11.0. The van der Waals surface area contributed by atoms with Crippen LogP contribution in [0, 0.1) is 6.92 Å². The highest BCUT2D eigenvalue weighted by Gasteiger charge is 2.07. The van der Waals surface area contributed by atoms with E-state index in [1.807, 2.05) is 12.1 Å². The minimum absolute atomic E-state index is 0.632. The summed E-state index contributed by atoms with van der Waals surface area (Å²) >= 11 is 0. The normalized spacial score (nSPS) is 17.2. The molecule has 3 nitrogen and oxygen atoms in total. The lowest BCUT2D eigenvalue weighted by atomic mass is 10.2. The van der Waals surface area contributed by atoms with Crippen LogP contribution in [-0.2, 0) is 4.74 Å². The van der Waals surface area contributed by atoms with Gasteiger partial charge in [0.15, 0.2) is 0 Å². The average molecular weight is 247 g/mol. The largest absolute Gasteiger partial charge is 0.490 e. The molecular formula is C15H21NO2. The minimum atomic E-state index is 0.632. The Balaban J connectivity index is 1.63. The van der Waals surface area contributed by atoms with Gasteiger partial charge in [-0.2, -0.15) is 0 Å². The van der Waals surface area contributed by atoms with Gasteiger partial charge in [-0.05, 0) is 19.1 Å². The minimum Gasteiger partial charge on any atom is -0.490 e. The van der Waals surface area contributed by atoms with Crippen LogP contribution in [0.25, 0.3) is 0 Å². The summed E-state index contributed by atoms with van der Waals surface area (Å²) < 4.78 is 10.9. The summed E-state index contributed by atoms with van der Waals surface area (Å²) in [5.74, 6) is 0.927. The van der Waals surface area contributed by atoms with Gasteiger partial charge in [-0.15, -0.1) is 0 Å². The van der Waals surface area contributed by atoms with Crippen LogP contribution in [0.4, 0.5) is 0 Å². The van der Waals surface area contributed by atoms with Gasteiger partial charge >= 0.3 is 0 Å². The number of hydrogen-bond acceptors (Lipinski definition) is 3. The Morgan fingerprint density at radius 1 is 1.17 bits per heavy atom. The molecule has 1 aromatic carbocycles. The summed E-state index contributed by atoms with van der Waals surface area (Å²) in [5.41, 5.74) is 1.25. The number of aryl methyl sites for hydroxylation is 1. The number of hydrogen-bond donors (Lipinski definition) is 0. The first-order valence-electron chi connectivity index (χ1n) is 6.49. The van der Waals surface area contributed by atoms with E-state index in [-0.39, 0.29) is 0 Å². The highest BCUT2D eigenvalue weighted by molar-refractivity contribution is 5.26. The summed E-state index contributed by atoms with van der Waals surface area (Å²) in [6.45, 7) is 7.47. The predicted molar refractivity (Wildman–Crippen MR) is 73.1 cm³/mol. The molecule has 1 aliphatic rings. The second kappa shape index (κ2) is 7.19. The summed E-state index contributed by atoms with van der Waals surface area (Å²) in [6, 6.07) is 8.13. The number of nitrogens with zero attached hydrogens (tertiary/aromatic N) is 1. The standard InChI is InChI=1S/C15H21NO2/c1-14-4-6-15(7-5-14)18-11-3-2-8-16-9-12-17-13-10-16/h2-7H,8-13H2,1H3/b3-2+. The van der Waals surface area contributed by atoms with Gasteiger partial charge in [0.1, 0.15) is 12.4 Å². The number of morpholine rings is 1. The molecule has 0 aliphatic carbocycles. The molecule has 0 bridgehead atoms. The second-order valence-corrected chi connectivity index (χ2v) is 4.51. The molecular weight excluding hydrogens is 226 g/mol. The number of ether oxygens (including phenoxy) is 2. The maximum absolute atomic E-state index is 5.62. The van der Waals surface area contributed by atoms with Crippen molar-refractivity contribution in [3.63, 3.8) is 0 Å². The van der Waals surface area contributed by atoms with Crippen molar-refractivity contribution in [2.75, 3.05) is 39.5 Å². The maximum Gasteiger partial charge on any atom is 0.119 e. The Morgan fingerprint density at radius 2 is 1.89 bits per heavy atom. The van der Waals surface area contributed by atoms with E-state index in [1.165, 1.54) is 5.56 Å². The third kappa shape index (κ3) is 4.51. The molecule has 3 heteroatoms. The predicted octanol–water partition coefficient (Wildman–Crippen LogP) is 2.26. The fraction of sp³-hybridized carbons (Fsp3) is 0.467. The molecule has 0 radical (unpaired) electrons. The van der Waals surface area contributed by atoms with E-state index < -0.39 is 0 Å². The van der Waals surface area contributed by atoms with Crippen molar-refractivity contribution in [2.24, 2.45) is 0 Å². The molecule has 0 spiro atoms. The molecule has 1 aliphatic heterocycles. The molecule has 1 heterocycles. The Hall–Kier alpha value is -1.32. The monoisotopic (exact) mass is 247 g/mol. The quantitative estimate of drug-likeness (QED) is 0.745.